The van der Waals surface area contributed by atoms with Crippen molar-refractivity contribution in [3.63, 3.8) is 0 Å². The average Bonchev–Trinajstić information content (AvgIpc) is 2.33. The second-order valence-electron chi connectivity index (χ2n) is 3.17. The SMILES string of the molecule is C/C=C/C1=C(OC)C(=O)C(OC)=C(OC)C1=O. The number of ketones is 2. The molecule has 5 nitrogen and oxygen atoms in total. The first-order valence-corrected chi connectivity index (χ1v) is 4.94. The predicted octanol–water partition coefficient (Wildman–Crippen LogP) is 1.12. The molecule has 0 aromatic heterocycles. The molecule has 5 heteroatoms. The maximum atomic E-state index is 12.0. The molecule has 0 aliphatic heterocycles. The Balaban J connectivity index is 3.41. The first-order chi connectivity index (χ1) is 8.12. The molecule has 1 rings (SSSR count). The van der Waals surface area contributed by atoms with Gasteiger partial charge in [-0.25, -0.2) is 0 Å². The van der Waals surface area contributed by atoms with E-state index < -0.39 is 11.6 Å². The van der Waals surface area contributed by atoms with Gasteiger partial charge in [-0.1, -0.05) is 12.2 Å². The predicted molar refractivity (Wildman–Crippen MR) is 59.9 cm³/mol. The third-order valence-electron chi connectivity index (χ3n) is 2.26. The highest BCUT2D eigenvalue weighted by Crippen LogP contribution is 2.26. The smallest absolute Gasteiger partial charge is 0.266 e. The first-order valence-electron chi connectivity index (χ1n) is 4.94. The summed E-state index contributed by atoms with van der Waals surface area (Å²) in [5, 5.41) is 0. The Labute approximate surface area is 99.3 Å². The highest BCUT2D eigenvalue weighted by molar-refractivity contribution is 6.23. The molecule has 0 heterocycles. The average molecular weight is 238 g/mol. The van der Waals surface area contributed by atoms with Crippen molar-refractivity contribution < 1.29 is 23.8 Å². The van der Waals surface area contributed by atoms with Crippen molar-refractivity contribution in [2.45, 2.75) is 6.92 Å². The van der Waals surface area contributed by atoms with Crippen LogP contribution < -0.4 is 0 Å². The third-order valence-corrected chi connectivity index (χ3v) is 2.26. The van der Waals surface area contributed by atoms with Gasteiger partial charge in [0.2, 0.25) is 17.3 Å². The fourth-order valence-electron chi connectivity index (χ4n) is 1.55. The zero-order valence-corrected chi connectivity index (χ0v) is 10.2. The lowest BCUT2D eigenvalue weighted by molar-refractivity contribution is -0.123. The fraction of sp³-hybridized carbons (Fsp3) is 0.333. The van der Waals surface area contributed by atoms with Crippen molar-refractivity contribution in [1.82, 2.24) is 0 Å². The Bertz CT molecular complexity index is 440. The number of carbonyl (C=O) groups excluding carboxylic acids is 2. The number of Topliss-reactive ketones (excluding diaryl/α,β-unsaturated/α-hetero) is 2. The number of allylic oxidation sites excluding steroid dienone is 3. The van der Waals surface area contributed by atoms with Gasteiger partial charge in [0.1, 0.15) is 0 Å². The van der Waals surface area contributed by atoms with Gasteiger partial charge in [-0.2, -0.15) is 0 Å². The van der Waals surface area contributed by atoms with Crippen LogP contribution in [0.2, 0.25) is 0 Å². The van der Waals surface area contributed by atoms with E-state index >= 15 is 0 Å². The van der Waals surface area contributed by atoms with Crippen LogP contribution in [0.15, 0.2) is 35.0 Å². The molecule has 0 atom stereocenters. The molecule has 17 heavy (non-hydrogen) atoms. The molecule has 0 bridgehead atoms. The molecule has 0 saturated carbocycles. The Morgan fingerprint density at radius 3 is 1.71 bits per heavy atom. The van der Waals surface area contributed by atoms with E-state index in [0.717, 1.165) is 0 Å². The summed E-state index contributed by atoms with van der Waals surface area (Å²) < 4.78 is 14.7. The zero-order chi connectivity index (χ0) is 13.0. The van der Waals surface area contributed by atoms with Gasteiger partial charge in [0.05, 0.1) is 26.9 Å². The lowest BCUT2D eigenvalue weighted by atomic mass is 9.98. The van der Waals surface area contributed by atoms with E-state index in [1.165, 1.54) is 27.4 Å². The lowest BCUT2D eigenvalue weighted by Crippen LogP contribution is -2.26. The van der Waals surface area contributed by atoms with Gasteiger partial charge >= 0.3 is 0 Å². The van der Waals surface area contributed by atoms with Crippen molar-refractivity contribution in [3.8, 4) is 0 Å². The van der Waals surface area contributed by atoms with Crippen LogP contribution in [0.25, 0.3) is 0 Å². The molecular formula is C12H14O5. The standard InChI is InChI=1S/C12H14O5/c1-5-6-7-8(13)11(16-3)12(17-4)9(14)10(7)15-2/h5-6H,1-4H3/b6-5+. The normalized spacial score (nSPS) is 16.9. The van der Waals surface area contributed by atoms with Crippen LogP contribution in [0.1, 0.15) is 6.92 Å². The molecule has 0 saturated heterocycles. The van der Waals surface area contributed by atoms with E-state index in [9.17, 15) is 9.59 Å². The van der Waals surface area contributed by atoms with Crippen molar-refractivity contribution in [3.05, 3.63) is 35.0 Å². The summed E-state index contributed by atoms with van der Waals surface area (Å²) >= 11 is 0. The Hall–Kier alpha value is -2.04. The van der Waals surface area contributed by atoms with Gasteiger partial charge in [-0.15, -0.1) is 0 Å². The van der Waals surface area contributed by atoms with E-state index in [-0.39, 0.29) is 22.9 Å². The van der Waals surface area contributed by atoms with Crippen LogP contribution in [-0.4, -0.2) is 32.9 Å². The quantitative estimate of drug-likeness (QED) is 0.687. The van der Waals surface area contributed by atoms with Crippen molar-refractivity contribution in [2.24, 2.45) is 0 Å². The van der Waals surface area contributed by atoms with Crippen molar-refractivity contribution in [1.29, 1.82) is 0 Å². The van der Waals surface area contributed by atoms with Crippen LogP contribution in [0, 0.1) is 0 Å². The summed E-state index contributed by atoms with van der Waals surface area (Å²) in [7, 11) is 3.94. The minimum Gasteiger partial charge on any atom is -0.492 e. The largest absolute Gasteiger partial charge is 0.492 e. The summed E-state index contributed by atoms with van der Waals surface area (Å²) in [4.78, 5) is 24.0. The van der Waals surface area contributed by atoms with Crippen LogP contribution in [0.4, 0.5) is 0 Å². The molecule has 0 aromatic carbocycles. The Morgan fingerprint density at radius 1 is 0.824 bits per heavy atom. The van der Waals surface area contributed by atoms with Crippen LogP contribution >= 0.6 is 0 Å². The number of hydrogen-bond acceptors (Lipinski definition) is 5. The number of ether oxygens (including phenoxy) is 3. The molecule has 1 aliphatic carbocycles. The van der Waals surface area contributed by atoms with Crippen LogP contribution in [0.5, 0.6) is 0 Å². The van der Waals surface area contributed by atoms with E-state index in [2.05, 4.69) is 0 Å². The monoisotopic (exact) mass is 238 g/mol. The molecular weight excluding hydrogens is 224 g/mol. The number of carbonyl (C=O) groups is 2. The van der Waals surface area contributed by atoms with E-state index in [1.54, 1.807) is 13.0 Å². The highest BCUT2D eigenvalue weighted by atomic mass is 16.5. The molecule has 0 unspecified atom stereocenters. The number of hydrogen-bond donors (Lipinski definition) is 0. The summed E-state index contributed by atoms with van der Waals surface area (Å²) in [5.74, 6) is -1.21. The Morgan fingerprint density at radius 2 is 1.29 bits per heavy atom. The third kappa shape index (κ3) is 2.08. The molecule has 92 valence electrons. The number of rotatable bonds is 4. The van der Waals surface area contributed by atoms with E-state index in [4.69, 9.17) is 14.2 Å². The van der Waals surface area contributed by atoms with Gasteiger partial charge in [-0.05, 0) is 6.92 Å². The van der Waals surface area contributed by atoms with E-state index in [0.29, 0.717) is 0 Å². The maximum Gasteiger partial charge on any atom is 0.266 e. The van der Waals surface area contributed by atoms with Gasteiger partial charge in [-0.3, -0.25) is 9.59 Å². The topological polar surface area (TPSA) is 61.8 Å². The molecule has 1 aliphatic rings. The maximum absolute atomic E-state index is 12.0. The second kappa shape index (κ2) is 5.34. The summed E-state index contributed by atoms with van der Waals surface area (Å²) in [6.45, 7) is 1.74. The number of methoxy groups -OCH3 is 3. The van der Waals surface area contributed by atoms with Crippen molar-refractivity contribution in [2.75, 3.05) is 21.3 Å². The summed E-state index contributed by atoms with van der Waals surface area (Å²) in [6.07, 6.45) is 3.15. The summed E-state index contributed by atoms with van der Waals surface area (Å²) in [5.41, 5.74) is 0.164. The molecule has 0 radical (unpaired) electrons. The fourth-order valence-corrected chi connectivity index (χ4v) is 1.55. The molecule has 0 aromatic rings. The first kappa shape index (κ1) is 13.0. The van der Waals surface area contributed by atoms with Crippen LogP contribution in [-0.2, 0) is 23.8 Å². The van der Waals surface area contributed by atoms with Gasteiger partial charge in [0.15, 0.2) is 5.76 Å². The van der Waals surface area contributed by atoms with Gasteiger partial charge in [0, 0.05) is 0 Å². The molecule has 0 spiro atoms. The van der Waals surface area contributed by atoms with Crippen molar-refractivity contribution >= 4 is 11.6 Å². The minimum absolute atomic E-state index is 0.0363. The van der Waals surface area contributed by atoms with Crippen LogP contribution in [0.3, 0.4) is 0 Å². The molecule has 0 N–H and O–H groups in total. The molecule has 0 amide bonds. The van der Waals surface area contributed by atoms with Gasteiger partial charge in [0.25, 0.3) is 5.78 Å². The Kier molecular flexibility index (Phi) is 4.09. The lowest BCUT2D eigenvalue weighted by Gasteiger charge is -2.19. The second-order valence-corrected chi connectivity index (χ2v) is 3.17. The summed E-state index contributed by atoms with van der Waals surface area (Å²) in [6, 6.07) is 0. The molecule has 0 fully saturated rings. The van der Waals surface area contributed by atoms with Gasteiger partial charge < -0.3 is 14.2 Å². The minimum atomic E-state index is -0.500. The highest BCUT2D eigenvalue weighted by Gasteiger charge is 2.36. The zero-order valence-electron chi connectivity index (χ0n) is 10.2. The van der Waals surface area contributed by atoms with E-state index in [1.807, 2.05) is 0 Å².